The summed E-state index contributed by atoms with van der Waals surface area (Å²) in [6, 6.07) is 0. The second kappa shape index (κ2) is 5.35. The maximum Gasteiger partial charge on any atom is 0.158 e. The Bertz CT molecular complexity index is 171. The first-order valence-electron chi connectivity index (χ1n) is 5.34. The fourth-order valence-electron chi connectivity index (χ4n) is 1.98. The first kappa shape index (κ1) is 10.7. The molecule has 82 valence electrons. The van der Waals surface area contributed by atoms with Crippen molar-refractivity contribution in [1.82, 2.24) is 0 Å². The third-order valence-corrected chi connectivity index (χ3v) is 3.93. The fourth-order valence-corrected chi connectivity index (χ4v) is 3.19. The fraction of sp³-hybridized carbons (Fsp3) is 1.00. The molecule has 2 rings (SSSR count). The van der Waals surface area contributed by atoms with Crippen LogP contribution in [0, 0.1) is 5.92 Å². The smallest absolute Gasteiger partial charge is 0.158 e. The van der Waals surface area contributed by atoms with Crippen LogP contribution in [0.1, 0.15) is 19.3 Å². The number of thioether (sulfide) groups is 1. The van der Waals surface area contributed by atoms with Crippen LogP contribution in [0.15, 0.2) is 0 Å². The Hall–Kier alpha value is 0.230. The van der Waals surface area contributed by atoms with Gasteiger partial charge in [0.05, 0.1) is 13.2 Å². The third kappa shape index (κ3) is 2.86. The molecule has 0 spiro atoms. The molecule has 2 aliphatic rings. The van der Waals surface area contributed by atoms with Gasteiger partial charge < -0.3 is 14.6 Å². The van der Waals surface area contributed by atoms with Crippen molar-refractivity contribution in [1.29, 1.82) is 0 Å². The van der Waals surface area contributed by atoms with E-state index < -0.39 is 0 Å². The van der Waals surface area contributed by atoms with Crippen LogP contribution >= 0.6 is 11.8 Å². The maximum absolute atomic E-state index is 8.88. The summed E-state index contributed by atoms with van der Waals surface area (Å²) in [5, 5.41) is 8.88. The molecule has 0 aromatic rings. The van der Waals surface area contributed by atoms with Gasteiger partial charge in [-0.15, -0.1) is 0 Å². The molecule has 1 N–H and O–H groups in total. The van der Waals surface area contributed by atoms with E-state index in [1.165, 1.54) is 24.3 Å². The molecule has 0 amide bonds. The molecule has 0 bridgehead atoms. The molecule has 0 aromatic heterocycles. The van der Waals surface area contributed by atoms with Gasteiger partial charge in [-0.05, 0) is 30.3 Å². The quantitative estimate of drug-likeness (QED) is 0.774. The van der Waals surface area contributed by atoms with Crippen LogP contribution in [-0.4, -0.2) is 42.2 Å². The van der Waals surface area contributed by atoms with Crippen molar-refractivity contribution in [2.24, 2.45) is 5.92 Å². The minimum Gasteiger partial charge on any atom is -0.394 e. The zero-order valence-corrected chi connectivity index (χ0v) is 9.17. The van der Waals surface area contributed by atoms with Crippen molar-refractivity contribution in [2.75, 3.05) is 24.7 Å². The Labute approximate surface area is 89.2 Å². The lowest BCUT2D eigenvalue weighted by atomic mass is 9.99. The first-order chi connectivity index (χ1) is 6.88. The van der Waals surface area contributed by atoms with Gasteiger partial charge in [0.2, 0.25) is 0 Å². The number of aliphatic hydroxyl groups is 1. The Morgan fingerprint density at radius 1 is 1.29 bits per heavy atom. The van der Waals surface area contributed by atoms with Gasteiger partial charge in [-0.3, -0.25) is 0 Å². The van der Waals surface area contributed by atoms with E-state index in [2.05, 4.69) is 0 Å². The minimum atomic E-state index is -0.0852. The van der Waals surface area contributed by atoms with Crippen molar-refractivity contribution < 1.29 is 14.6 Å². The standard InChI is InChI=1S/C10H18O3S/c11-6-9-7-12-10(13-9)5-8-1-3-14-4-2-8/h8-11H,1-7H2. The van der Waals surface area contributed by atoms with Crippen LogP contribution in [0.3, 0.4) is 0 Å². The first-order valence-corrected chi connectivity index (χ1v) is 6.49. The summed E-state index contributed by atoms with van der Waals surface area (Å²) in [4.78, 5) is 0. The summed E-state index contributed by atoms with van der Waals surface area (Å²) in [6.45, 7) is 0.639. The molecule has 2 heterocycles. The molecule has 0 aromatic carbocycles. The summed E-state index contributed by atoms with van der Waals surface area (Å²) >= 11 is 2.04. The topological polar surface area (TPSA) is 38.7 Å². The van der Waals surface area contributed by atoms with Gasteiger partial charge in [0.25, 0.3) is 0 Å². The van der Waals surface area contributed by atoms with Crippen LogP contribution in [-0.2, 0) is 9.47 Å². The molecule has 14 heavy (non-hydrogen) atoms. The minimum absolute atomic E-state index is 0.0553. The molecule has 2 aliphatic heterocycles. The molecule has 2 saturated heterocycles. The van der Waals surface area contributed by atoms with Crippen molar-refractivity contribution >= 4 is 11.8 Å². The highest BCUT2D eigenvalue weighted by Crippen LogP contribution is 2.29. The van der Waals surface area contributed by atoms with Gasteiger partial charge in [-0.2, -0.15) is 11.8 Å². The molecular formula is C10H18O3S. The van der Waals surface area contributed by atoms with Gasteiger partial charge in [-0.1, -0.05) is 0 Å². The van der Waals surface area contributed by atoms with Crippen LogP contribution in [0.25, 0.3) is 0 Å². The highest BCUT2D eigenvalue weighted by Gasteiger charge is 2.28. The molecule has 3 nitrogen and oxygen atoms in total. The van der Waals surface area contributed by atoms with Crippen molar-refractivity contribution in [3.05, 3.63) is 0 Å². The van der Waals surface area contributed by atoms with Crippen LogP contribution in [0.4, 0.5) is 0 Å². The zero-order valence-electron chi connectivity index (χ0n) is 8.35. The van der Waals surface area contributed by atoms with E-state index >= 15 is 0 Å². The highest BCUT2D eigenvalue weighted by molar-refractivity contribution is 7.99. The van der Waals surface area contributed by atoms with Crippen molar-refractivity contribution in [2.45, 2.75) is 31.7 Å². The summed E-state index contributed by atoms with van der Waals surface area (Å²) in [5.74, 6) is 3.32. The molecular weight excluding hydrogens is 200 g/mol. The van der Waals surface area contributed by atoms with Gasteiger partial charge in [0, 0.05) is 6.42 Å². The number of aliphatic hydroxyl groups excluding tert-OH is 1. The molecule has 0 radical (unpaired) electrons. The van der Waals surface area contributed by atoms with Gasteiger partial charge in [-0.25, -0.2) is 0 Å². The van der Waals surface area contributed by atoms with Crippen LogP contribution in [0.5, 0.6) is 0 Å². The van der Waals surface area contributed by atoms with E-state index in [0.717, 1.165) is 12.3 Å². The molecule has 2 unspecified atom stereocenters. The number of ether oxygens (including phenoxy) is 2. The van der Waals surface area contributed by atoms with E-state index in [1.54, 1.807) is 0 Å². The van der Waals surface area contributed by atoms with Gasteiger partial charge in [0.15, 0.2) is 6.29 Å². The second-order valence-corrected chi connectivity index (χ2v) is 5.22. The monoisotopic (exact) mass is 218 g/mol. The van der Waals surface area contributed by atoms with Crippen LogP contribution < -0.4 is 0 Å². The summed E-state index contributed by atoms with van der Waals surface area (Å²) in [7, 11) is 0. The zero-order chi connectivity index (χ0) is 9.80. The maximum atomic E-state index is 8.88. The lowest BCUT2D eigenvalue weighted by molar-refractivity contribution is -0.0782. The van der Waals surface area contributed by atoms with Crippen molar-refractivity contribution in [3.63, 3.8) is 0 Å². The SMILES string of the molecule is OCC1COC(CC2CCSCC2)O1. The molecule has 2 atom stereocenters. The van der Waals surface area contributed by atoms with E-state index in [1.807, 2.05) is 11.8 Å². The molecule has 4 heteroatoms. The van der Waals surface area contributed by atoms with Gasteiger partial charge >= 0.3 is 0 Å². The lowest BCUT2D eigenvalue weighted by Crippen LogP contribution is -2.20. The number of hydrogen-bond acceptors (Lipinski definition) is 4. The van der Waals surface area contributed by atoms with Gasteiger partial charge in [0.1, 0.15) is 6.10 Å². The summed E-state index contributed by atoms with van der Waals surface area (Å²) in [6.07, 6.45) is 3.45. The summed E-state index contributed by atoms with van der Waals surface area (Å²) < 4.78 is 11.0. The number of hydrogen-bond donors (Lipinski definition) is 1. The van der Waals surface area contributed by atoms with E-state index in [-0.39, 0.29) is 19.0 Å². The third-order valence-electron chi connectivity index (χ3n) is 2.88. The van der Waals surface area contributed by atoms with Crippen molar-refractivity contribution in [3.8, 4) is 0 Å². The van der Waals surface area contributed by atoms with Crippen LogP contribution in [0.2, 0.25) is 0 Å². The molecule has 2 fully saturated rings. The molecule has 0 saturated carbocycles. The predicted molar refractivity (Wildman–Crippen MR) is 56.4 cm³/mol. The van der Waals surface area contributed by atoms with E-state index in [0.29, 0.717) is 6.61 Å². The Kier molecular flexibility index (Phi) is 4.10. The largest absolute Gasteiger partial charge is 0.394 e. The normalized spacial score (nSPS) is 34.9. The Morgan fingerprint density at radius 2 is 2.07 bits per heavy atom. The Morgan fingerprint density at radius 3 is 2.71 bits per heavy atom. The Balaban J connectivity index is 1.69. The lowest BCUT2D eigenvalue weighted by Gasteiger charge is -2.23. The number of rotatable bonds is 3. The van der Waals surface area contributed by atoms with E-state index in [4.69, 9.17) is 14.6 Å². The highest BCUT2D eigenvalue weighted by atomic mass is 32.2. The molecule has 0 aliphatic carbocycles. The van der Waals surface area contributed by atoms with E-state index in [9.17, 15) is 0 Å². The average molecular weight is 218 g/mol. The predicted octanol–water partition coefficient (Wildman–Crippen LogP) is 1.25. The second-order valence-electron chi connectivity index (χ2n) is 4.00. The average Bonchev–Trinajstić information content (AvgIpc) is 2.67. The summed E-state index contributed by atoms with van der Waals surface area (Å²) in [5.41, 5.74) is 0.